The highest BCUT2D eigenvalue weighted by molar-refractivity contribution is 4.91. The Balaban J connectivity index is 1.96. The summed E-state index contributed by atoms with van der Waals surface area (Å²) in [5.41, 5.74) is 0. The molecule has 1 N–H and O–H groups in total. The SMILES string of the molecule is CC(CO)C1CC2CCC1C2. The fourth-order valence-electron chi connectivity index (χ4n) is 3.13. The Bertz CT molecular complexity index is 144. The molecule has 64 valence electrons. The predicted molar refractivity (Wildman–Crippen MR) is 45.2 cm³/mol. The molecule has 2 bridgehead atoms. The molecule has 2 aliphatic rings. The van der Waals surface area contributed by atoms with Gasteiger partial charge in [-0.2, -0.15) is 0 Å². The second-order valence-corrected chi connectivity index (χ2v) is 4.50. The molecule has 0 amide bonds. The summed E-state index contributed by atoms with van der Waals surface area (Å²) in [5, 5.41) is 9.02. The van der Waals surface area contributed by atoms with Gasteiger partial charge in [-0.05, 0) is 42.9 Å². The quantitative estimate of drug-likeness (QED) is 0.645. The van der Waals surface area contributed by atoms with E-state index in [0.717, 1.165) is 17.8 Å². The summed E-state index contributed by atoms with van der Waals surface area (Å²) in [6.45, 7) is 2.60. The lowest BCUT2D eigenvalue weighted by atomic mass is 9.81. The van der Waals surface area contributed by atoms with Crippen molar-refractivity contribution in [3.8, 4) is 0 Å². The third kappa shape index (κ3) is 1.20. The summed E-state index contributed by atoms with van der Waals surface area (Å²) in [6.07, 6.45) is 5.79. The van der Waals surface area contributed by atoms with Gasteiger partial charge in [-0.15, -0.1) is 0 Å². The molecule has 0 aromatic rings. The lowest BCUT2D eigenvalue weighted by Crippen LogP contribution is -2.21. The summed E-state index contributed by atoms with van der Waals surface area (Å²) in [7, 11) is 0. The van der Waals surface area contributed by atoms with Gasteiger partial charge in [0.25, 0.3) is 0 Å². The van der Waals surface area contributed by atoms with Gasteiger partial charge in [0.05, 0.1) is 0 Å². The first-order chi connectivity index (χ1) is 5.31. The zero-order valence-corrected chi connectivity index (χ0v) is 7.29. The molecule has 2 saturated carbocycles. The van der Waals surface area contributed by atoms with Crippen molar-refractivity contribution in [1.29, 1.82) is 0 Å². The summed E-state index contributed by atoms with van der Waals surface area (Å²) >= 11 is 0. The lowest BCUT2D eigenvalue weighted by molar-refractivity contribution is 0.149. The van der Waals surface area contributed by atoms with Gasteiger partial charge in [-0.25, -0.2) is 0 Å². The average molecular weight is 154 g/mol. The summed E-state index contributed by atoms with van der Waals surface area (Å²) < 4.78 is 0. The monoisotopic (exact) mass is 154 g/mol. The minimum absolute atomic E-state index is 0.397. The van der Waals surface area contributed by atoms with Gasteiger partial charge in [0, 0.05) is 6.61 Å². The van der Waals surface area contributed by atoms with Crippen LogP contribution in [-0.2, 0) is 0 Å². The first kappa shape index (κ1) is 7.60. The lowest BCUT2D eigenvalue weighted by Gasteiger charge is -2.26. The number of aliphatic hydroxyl groups excluding tert-OH is 1. The molecule has 2 aliphatic carbocycles. The largest absolute Gasteiger partial charge is 0.396 e. The molecule has 0 radical (unpaired) electrons. The van der Waals surface area contributed by atoms with Gasteiger partial charge in [-0.3, -0.25) is 0 Å². The minimum atomic E-state index is 0.397. The van der Waals surface area contributed by atoms with Crippen molar-refractivity contribution in [2.24, 2.45) is 23.7 Å². The molecule has 0 aromatic carbocycles. The first-order valence-electron chi connectivity index (χ1n) is 4.92. The van der Waals surface area contributed by atoms with Crippen LogP contribution in [0.25, 0.3) is 0 Å². The summed E-state index contributed by atoms with van der Waals surface area (Å²) in [5.74, 6) is 3.42. The fraction of sp³-hybridized carbons (Fsp3) is 1.00. The number of fused-ring (bicyclic) bond motifs is 2. The molecule has 1 nitrogen and oxygen atoms in total. The molecule has 1 heteroatoms. The van der Waals surface area contributed by atoms with Crippen LogP contribution in [0.15, 0.2) is 0 Å². The normalized spacial score (nSPS) is 44.7. The van der Waals surface area contributed by atoms with Crippen LogP contribution in [0.2, 0.25) is 0 Å². The van der Waals surface area contributed by atoms with Crippen molar-refractivity contribution < 1.29 is 5.11 Å². The van der Waals surface area contributed by atoms with Crippen LogP contribution in [0.5, 0.6) is 0 Å². The Kier molecular flexibility index (Phi) is 1.92. The van der Waals surface area contributed by atoms with E-state index in [2.05, 4.69) is 6.92 Å². The molecular weight excluding hydrogens is 136 g/mol. The van der Waals surface area contributed by atoms with Crippen LogP contribution in [0, 0.1) is 23.7 Å². The van der Waals surface area contributed by atoms with Crippen LogP contribution in [0.4, 0.5) is 0 Å². The smallest absolute Gasteiger partial charge is 0.0459 e. The molecule has 11 heavy (non-hydrogen) atoms. The van der Waals surface area contributed by atoms with E-state index < -0.39 is 0 Å². The van der Waals surface area contributed by atoms with Crippen molar-refractivity contribution in [3.63, 3.8) is 0 Å². The Hall–Kier alpha value is -0.0400. The van der Waals surface area contributed by atoms with Gasteiger partial charge in [0.2, 0.25) is 0 Å². The molecule has 2 fully saturated rings. The maximum Gasteiger partial charge on any atom is 0.0459 e. The number of rotatable bonds is 2. The van der Waals surface area contributed by atoms with Gasteiger partial charge in [0.1, 0.15) is 0 Å². The second-order valence-electron chi connectivity index (χ2n) is 4.50. The summed E-state index contributed by atoms with van der Waals surface area (Å²) in [4.78, 5) is 0. The highest BCUT2D eigenvalue weighted by Gasteiger charge is 2.41. The molecule has 0 spiro atoms. The standard InChI is InChI=1S/C10H18O/c1-7(6-11)10-5-8-2-3-9(10)4-8/h7-11H,2-6H2,1H3. The van der Waals surface area contributed by atoms with Crippen molar-refractivity contribution >= 4 is 0 Å². The topological polar surface area (TPSA) is 20.2 Å². The van der Waals surface area contributed by atoms with Gasteiger partial charge >= 0.3 is 0 Å². The molecule has 0 aliphatic heterocycles. The third-order valence-electron chi connectivity index (χ3n) is 3.81. The zero-order chi connectivity index (χ0) is 7.84. The molecular formula is C10H18O. The molecule has 4 unspecified atom stereocenters. The van der Waals surface area contributed by atoms with Crippen molar-refractivity contribution in [1.82, 2.24) is 0 Å². The highest BCUT2D eigenvalue weighted by Crippen LogP contribution is 2.50. The van der Waals surface area contributed by atoms with Gasteiger partial charge < -0.3 is 5.11 Å². The predicted octanol–water partition coefficient (Wildman–Crippen LogP) is 2.05. The number of hydrogen-bond acceptors (Lipinski definition) is 1. The van der Waals surface area contributed by atoms with Crippen molar-refractivity contribution in [3.05, 3.63) is 0 Å². The van der Waals surface area contributed by atoms with E-state index in [-0.39, 0.29) is 0 Å². The average Bonchev–Trinajstić information content (AvgIpc) is 2.62. The van der Waals surface area contributed by atoms with E-state index in [4.69, 9.17) is 5.11 Å². The Labute approximate surface area is 68.8 Å². The fourth-order valence-corrected chi connectivity index (χ4v) is 3.13. The van der Waals surface area contributed by atoms with Gasteiger partial charge in [-0.1, -0.05) is 13.3 Å². The van der Waals surface area contributed by atoms with E-state index in [9.17, 15) is 0 Å². The van der Waals surface area contributed by atoms with Crippen LogP contribution in [0.1, 0.15) is 32.6 Å². The molecule has 4 atom stereocenters. The van der Waals surface area contributed by atoms with Crippen molar-refractivity contribution in [2.75, 3.05) is 6.61 Å². The Morgan fingerprint density at radius 2 is 2.18 bits per heavy atom. The highest BCUT2D eigenvalue weighted by atomic mass is 16.3. The van der Waals surface area contributed by atoms with E-state index in [0.29, 0.717) is 12.5 Å². The van der Waals surface area contributed by atoms with Crippen LogP contribution >= 0.6 is 0 Å². The maximum atomic E-state index is 9.02. The Morgan fingerprint density at radius 3 is 2.64 bits per heavy atom. The van der Waals surface area contributed by atoms with Crippen LogP contribution < -0.4 is 0 Å². The molecule has 2 rings (SSSR count). The van der Waals surface area contributed by atoms with Crippen molar-refractivity contribution in [2.45, 2.75) is 32.6 Å². The van der Waals surface area contributed by atoms with Crippen LogP contribution in [0.3, 0.4) is 0 Å². The van der Waals surface area contributed by atoms with E-state index in [1.807, 2.05) is 0 Å². The molecule has 0 aromatic heterocycles. The van der Waals surface area contributed by atoms with Crippen LogP contribution in [-0.4, -0.2) is 11.7 Å². The first-order valence-corrected chi connectivity index (χ1v) is 4.92. The zero-order valence-electron chi connectivity index (χ0n) is 7.29. The summed E-state index contributed by atoms with van der Waals surface area (Å²) in [6, 6.07) is 0. The molecule has 0 heterocycles. The van der Waals surface area contributed by atoms with E-state index in [1.54, 1.807) is 0 Å². The number of aliphatic hydroxyl groups is 1. The Morgan fingerprint density at radius 1 is 1.36 bits per heavy atom. The maximum absolute atomic E-state index is 9.02. The molecule has 0 saturated heterocycles. The van der Waals surface area contributed by atoms with E-state index in [1.165, 1.54) is 25.7 Å². The van der Waals surface area contributed by atoms with E-state index >= 15 is 0 Å². The third-order valence-corrected chi connectivity index (χ3v) is 3.81. The van der Waals surface area contributed by atoms with Gasteiger partial charge in [0.15, 0.2) is 0 Å². The minimum Gasteiger partial charge on any atom is -0.396 e. The second kappa shape index (κ2) is 2.78. The number of hydrogen-bond donors (Lipinski definition) is 1.